The molecule has 1 amide bonds. The number of hydrogen-bond donors (Lipinski definition) is 1. The Morgan fingerprint density at radius 1 is 1.26 bits per heavy atom. The van der Waals surface area contributed by atoms with Crippen molar-refractivity contribution in [1.29, 1.82) is 0 Å². The van der Waals surface area contributed by atoms with Crippen molar-refractivity contribution in [2.24, 2.45) is 0 Å². The van der Waals surface area contributed by atoms with Crippen molar-refractivity contribution in [2.75, 3.05) is 18.5 Å². The van der Waals surface area contributed by atoms with Crippen LogP contribution >= 0.6 is 0 Å². The second kappa shape index (κ2) is 7.24. The highest BCUT2D eigenvalue weighted by Crippen LogP contribution is 2.19. The first-order chi connectivity index (χ1) is 11.2. The van der Waals surface area contributed by atoms with E-state index in [-0.39, 0.29) is 17.6 Å². The van der Waals surface area contributed by atoms with E-state index < -0.39 is 5.82 Å². The van der Waals surface area contributed by atoms with Gasteiger partial charge in [-0.05, 0) is 55.3 Å². The van der Waals surface area contributed by atoms with Gasteiger partial charge in [0.05, 0.1) is 6.10 Å². The van der Waals surface area contributed by atoms with E-state index in [9.17, 15) is 9.18 Å². The number of benzene rings is 2. The highest BCUT2D eigenvalue weighted by atomic mass is 19.1. The molecule has 23 heavy (non-hydrogen) atoms. The molecule has 1 unspecified atom stereocenters. The molecule has 0 aromatic heterocycles. The van der Waals surface area contributed by atoms with Gasteiger partial charge in [0.25, 0.3) is 5.91 Å². The summed E-state index contributed by atoms with van der Waals surface area (Å²) in [5, 5.41) is 2.72. The average molecular weight is 315 g/mol. The summed E-state index contributed by atoms with van der Waals surface area (Å²) in [6.45, 7) is 1.34. The lowest BCUT2D eigenvalue weighted by atomic mass is 10.2. The van der Waals surface area contributed by atoms with Crippen LogP contribution in [-0.2, 0) is 4.74 Å². The molecule has 1 heterocycles. The summed E-state index contributed by atoms with van der Waals surface area (Å²) in [6.07, 6.45) is 2.28. The number of ether oxygens (including phenoxy) is 2. The lowest BCUT2D eigenvalue weighted by Gasteiger charge is -2.12. The molecule has 4 nitrogen and oxygen atoms in total. The predicted octanol–water partition coefficient (Wildman–Crippen LogP) is 3.64. The Kier molecular flexibility index (Phi) is 4.88. The topological polar surface area (TPSA) is 47.6 Å². The summed E-state index contributed by atoms with van der Waals surface area (Å²) in [5.74, 6) is -0.0580. The number of halogens is 1. The van der Waals surface area contributed by atoms with E-state index in [1.165, 1.54) is 18.2 Å². The minimum Gasteiger partial charge on any atom is -0.491 e. The first-order valence-electron chi connectivity index (χ1n) is 7.62. The monoisotopic (exact) mass is 315 g/mol. The maximum atomic E-state index is 13.1. The van der Waals surface area contributed by atoms with Crippen molar-refractivity contribution in [1.82, 2.24) is 0 Å². The molecule has 2 aromatic carbocycles. The molecule has 1 aliphatic heterocycles. The first kappa shape index (κ1) is 15.5. The summed E-state index contributed by atoms with van der Waals surface area (Å²) < 4.78 is 24.3. The van der Waals surface area contributed by atoms with Crippen LogP contribution in [0.15, 0.2) is 48.5 Å². The molecule has 0 aliphatic carbocycles. The van der Waals surface area contributed by atoms with Crippen LogP contribution in [0.5, 0.6) is 5.75 Å². The predicted molar refractivity (Wildman–Crippen MR) is 85.3 cm³/mol. The number of anilines is 1. The summed E-state index contributed by atoms with van der Waals surface area (Å²) in [7, 11) is 0. The van der Waals surface area contributed by atoms with E-state index in [0.717, 1.165) is 25.2 Å². The summed E-state index contributed by atoms with van der Waals surface area (Å²) in [4.78, 5) is 12.0. The quantitative estimate of drug-likeness (QED) is 0.916. The molecular formula is C18H18FNO3. The third-order valence-electron chi connectivity index (χ3n) is 3.66. The number of amides is 1. The Bertz CT molecular complexity index is 666. The van der Waals surface area contributed by atoms with Crippen molar-refractivity contribution in [2.45, 2.75) is 18.9 Å². The molecular weight excluding hydrogens is 297 g/mol. The lowest BCUT2D eigenvalue weighted by Crippen LogP contribution is -2.16. The van der Waals surface area contributed by atoms with Gasteiger partial charge in [0.1, 0.15) is 18.2 Å². The largest absolute Gasteiger partial charge is 0.491 e. The van der Waals surface area contributed by atoms with E-state index in [1.54, 1.807) is 30.3 Å². The van der Waals surface area contributed by atoms with Gasteiger partial charge in [0.2, 0.25) is 0 Å². The molecule has 1 aliphatic rings. The van der Waals surface area contributed by atoms with Crippen molar-refractivity contribution < 1.29 is 18.7 Å². The molecule has 120 valence electrons. The Labute approximate surface area is 134 Å². The van der Waals surface area contributed by atoms with Crippen LogP contribution in [0.1, 0.15) is 23.2 Å². The Morgan fingerprint density at radius 2 is 2.09 bits per heavy atom. The number of carbonyl (C=O) groups excluding carboxylic acids is 1. The minimum atomic E-state index is -0.435. The fourth-order valence-electron chi connectivity index (χ4n) is 2.43. The van der Waals surface area contributed by atoms with Gasteiger partial charge >= 0.3 is 0 Å². The minimum absolute atomic E-state index is 0.169. The SMILES string of the molecule is O=C(Nc1ccc(OCC2CCCO2)cc1)c1cccc(F)c1. The van der Waals surface area contributed by atoms with Crippen LogP contribution in [0.2, 0.25) is 0 Å². The fourth-order valence-corrected chi connectivity index (χ4v) is 2.43. The van der Waals surface area contributed by atoms with Gasteiger partial charge in [-0.2, -0.15) is 0 Å². The Balaban J connectivity index is 1.55. The van der Waals surface area contributed by atoms with Gasteiger partial charge in [-0.3, -0.25) is 4.79 Å². The molecule has 2 aromatic rings. The average Bonchev–Trinajstić information content (AvgIpc) is 3.08. The molecule has 1 atom stereocenters. The van der Waals surface area contributed by atoms with E-state index in [0.29, 0.717) is 12.3 Å². The van der Waals surface area contributed by atoms with Crippen LogP contribution < -0.4 is 10.1 Å². The van der Waals surface area contributed by atoms with E-state index in [2.05, 4.69) is 5.32 Å². The second-order valence-corrected chi connectivity index (χ2v) is 5.43. The molecule has 0 spiro atoms. The van der Waals surface area contributed by atoms with Crippen LogP contribution in [0, 0.1) is 5.82 Å². The molecule has 5 heteroatoms. The van der Waals surface area contributed by atoms with Crippen molar-refractivity contribution in [3.8, 4) is 5.75 Å². The van der Waals surface area contributed by atoms with E-state index in [1.807, 2.05) is 0 Å². The summed E-state index contributed by atoms with van der Waals surface area (Å²) in [6, 6.07) is 12.7. The Hall–Kier alpha value is -2.40. The fraction of sp³-hybridized carbons (Fsp3) is 0.278. The summed E-state index contributed by atoms with van der Waals surface area (Å²) >= 11 is 0. The van der Waals surface area contributed by atoms with Crippen LogP contribution in [-0.4, -0.2) is 25.2 Å². The number of hydrogen-bond acceptors (Lipinski definition) is 3. The highest BCUT2D eigenvalue weighted by molar-refractivity contribution is 6.04. The second-order valence-electron chi connectivity index (χ2n) is 5.43. The molecule has 0 bridgehead atoms. The van der Waals surface area contributed by atoms with Gasteiger partial charge in [-0.25, -0.2) is 4.39 Å². The van der Waals surface area contributed by atoms with Crippen molar-refractivity contribution in [3.05, 3.63) is 59.9 Å². The summed E-state index contributed by atoms with van der Waals surface area (Å²) in [5.41, 5.74) is 0.910. The molecule has 1 saturated heterocycles. The zero-order chi connectivity index (χ0) is 16.1. The van der Waals surface area contributed by atoms with Crippen molar-refractivity contribution in [3.63, 3.8) is 0 Å². The lowest BCUT2D eigenvalue weighted by molar-refractivity contribution is 0.0679. The number of nitrogens with one attached hydrogen (secondary N) is 1. The highest BCUT2D eigenvalue weighted by Gasteiger charge is 2.16. The van der Waals surface area contributed by atoms with Crippen molar-refractivity contribution >= 4 is 11.6 Å². The first-order valence-corrected chi connectivity index (χ1v) is 7.62. The zero-order valence-corrected chi connectivity index (χ0v) is 12.6. The van der Waals surface area contributed by atoms with Gasteiger partial charge in [0.15, 0.2) is 0 Å². The molecule has 3 rings (SSSR count). The Morgan fingerprint density at radius 3 is 2.78 bits per heavy atom. The molecule has 0 saturated carbocycles. The molecule has 1 N–H and O–H groups in total. The van der Waals surface area contributed by atoms with Gasteiger partial charge in [0, 0.05) is 17.9 Å². The third-order valence-corrected chi connectivity index (χ3v) is 3.66. The normalized spacial score (nSPS) is 17.0. The number of rotatable bonds is 5. The maximum absolute atomic E-state index is 13.1. The van der Waals surface area contributed by atoms with Crippen LogP contribution in [0.4, 0.5) is 10.1 Å². The standard InChI is InChI=1S/C18H18FNO3/c19-14-4-1-3-13(11-14)18(21)20-15-6-8-16(9-7-15)23-12-17-5-2-10-22-17/h1,3-4,6-9,11,17H,2,5,10,12H2,(H,20,21). The van der Waals surface area contributed by atoms with E-state index >= 15 is 0 Å². The molecule has 0 radical (unpaired) electrons. The third kappa shape index (κ3) is 4.29. The maximum Gasteiger partial charge on any atom is 0.255 e. The number of carbonyl (C=O) groups is 1. The van der Waals surface area contributed by atoms with Crippen LogP contribution in [0.25, 0.3) is 0 Å². The smallest absolute Gasteiger partial charge is 0.255 e. The van der Waals surface area contributed by atoms with Gasteiger partial charge in [-0.15, -0.1) is 0 Å². The zero-order valence-electron chi connectivity index (χ0n) is 12.6. The van der Waals surface area contributed by atoms with Gasteiger partial charge in [-0.1, -0.05) is 6.07 Å². The molecule has 1 fully saturated rings. The van der Waals surface area contributed by atoms with Gasteiger partial charge < -0.3 is 14.8 Å². The van der Waals surface area contributed by atoms with Crippen LogP contribution in [0.3, 0.4) is 0 Å². The van der Waals surface area contributed by atoms with E-state index in [4.69, 9.17) is 9.47 Å².